The number of hydrogen-bond acceptors (Lipinski definition) is 14. The fourth-order valence-electron chi connectivity index (χ4n) is 6.46. The zero-order chi connectivity index (χ0) is 40.0. The monoisotopic (exact) mass is 794 g/mol. The maximum Gasteiger partial charge on any atom is 0.352 e. The second kappa shape index (κ2) is 14.7. The van der Waals surface area contributed by atoms with Gasteiger partial charge in [0.1, 0.15) is 35.9 Å². The van der Waals surface area contributed by atoms with Crippen LogP contribution in [0, 0.1) is 10.1 Å². The Morgan fingerprint density at radius 2 is 1.89 bits per heavy atom. The maximum atomic E-state index is 13.4. The van der Waals surface area contributed by atoms with Crippen LogP contribution in [0.1, 0.15) is 41.8 Å². The van der Waals surface area contributed by atoms with Gasteiger partial charge in [0.15, 0.2) is 22.3 Å². The molecule has 0 aliphatic carbocycles. The number of nitrogens with two attached hydrogens (primary N) is 1. The molecule has 0 radical (unpaired) electrons. The first-order valence-electron chi connectivity index (χ1n) is 16.6. The number of oxime groups is 1. The number of nitro benzene ring substituents is 1. The van der Waals surface area contributed by atoms with Crippen LogP contribution in [0.4, 0.5) is 10.8 Å². The number of phenols is 2. The molecule has 4 heterocycles. The van der Waals surface area contributed by atoms with E-state index in [4.69, 9.17) is 10.6 Å². The van der Waals surface area contributed by atoms with Crippen molar-refractivity contribution in [2.75, 3.05) is 25.1 Å². The van der Waals surface area contributed by atoms with Crippen molar-refractivity contribution in [2.45, 2.75) is 50.4 Å². The summed E-state index contributed by atoms with van der Waals surface area (Å²) in [5, 5.41) is 58.6. The number of aliphatic carboxylic acids is 2. The van der Waals surface area contributed by atoms with Gasteiger partial charge >= 0.3 is 11.9 Å². The number of nitro groups is 1. The number of nitrogen functional groups attached to an aromatic ring is 1. The standard InChI is InChI=1S/C35H35N7O11S2/c1-35(2,33(49)50)53-39-26(22-16-55-34(36)37-22)29(45)38-27-30(46)40-28(32(47)48)20(15-54-31(27)40)7-6-18-5-4-17(10-23(18)41(51)52)13-42(3)9-8-19-11-24(43)25(44)12-21(19)14-42/h4-7,10-12,16,27,31H,8-9,13-15H2,1-3H3,(H6-,36,37,38,39,43,44,45,47,48,49,50)/p+1/b7-6+/t27-,31-,42?/m1/s1. The lowest BCUT2D eigenvalue weighted by molar-refractivity contribution is -0.937. The number of nitrogens with zero attached hydrogens (tertiary/aromatic N) is 5. The number of likely N-dealkylation sites (N-methyl/N-ethyl adjacent to an activating group) is 1. The zero-order valence-electron chi connectivity index (χ0n) is 29.6. The normalized spacial score (nSPS) is 21.1. The molecule has 7 N–H and O–H groups in total. The Balaban J connectivity index is 1.19. The van der Waals surface area contributed by atoms with Gasteiger partial charge in [0, 0.05) is 34.7 Å². The molecule has 1 aromatic heterocycles. The SMILES string of the molecule is CC(C)(O/N=C(\C(=O)N[C@@H]1C(=O)N2C(C(=O)O)=C(/C=C/c3ccc(C[N+]4(C)CCc5cc(O)c(O)cc5C4)cc3[N+](=O)[O-])CS[C@H]12)c1csc(N)n1)C(=O)O. The molecule has 3 aliphatic heterocycles. The number of phenolic OH excluding ortho intramolecular Hbond substituents is 2. The number of amides is 2. The van der Waals surface area contributed by atoms with E-state index in [1.807, 2.05) is 7.05 Å². The third kappa shape index (κ3) is 7.82. The summed E-state index contributed by atoms with van der Waals surface area (Å²) in [6.07, 6.45) is 3.49. The van der Waals surface area contributed by atoms with E-state index in [0.29, 0.717) is 36.1 Å². The van der Waals surface area contributed by atoms with Crippen LogP contribution in [0.15, 0.2) is 58.2 Å². The zero-order valence-corrected chi connectivity index (χ0v) is 31.2. The number of β-lactam (4-membered cyclic amide) rings is 1. The van der Waals surface area contributed by atoms with Crippen molar-refractivity contribution in [1.82, 2.24) is 15.2 Å². The number of carbonyl (C=O) groups is 4. The molecular weight excluding hydrogens is 759 g/mol. The molecule has 3 aromatic rings. The van der Waals surface area contributed by atoms with Crippen molar-refractivity contribution < 1.29 is 53.8 Å². The van der Waals surface area contributed by atoms with Crippen molar-refractivity contribution >= 4 is 69.5 Å². The van der Waals surface area contributed by atoms with Gasteiger partial charge in [0.2, 0.25) is 5.60 Å². The molecule has 3 atom stereocenters. The van der Waals surface area contributed by atoms with Crippen molar-refractivity contribution in [2.24, 2.45) is 5.16 Å². The molecule has 6 rings (SSSR count). The van der Waals surface area contributed by atoms with E-state index in [1.54, 1.807) is 24.3 Å². The summed E-state index contributed by atoms with van der Waals surface area (Å²) in [6, 6.07) is 6.73. The van der Waals surface area contributed by atoms with E-state index in [0.717, 1.165) is 39.1 Å². The maximum absolute atomic E-state index is 13.4. The number of carboxylic acids is 2. The number of thiazole rings is 1. The van der Waals surface area contributed by atoms with Crippen LogP contribution in [0.25, 0.3) is 6.08 Å². The van der Waals surface area contributed by atoms with Gasteiger partial charge in [0.25, 0.3) is 17.5 Å². The average molecular weight is 795 g/mol. The van der Waals surface area contributed by atoms with Gasteiger partial charge in [-0.2, -0.15) is 0 Å². The lowest BCUT2D eigenvalue weighted by atomic mass is 9.96. The third-order valence-corrected chi connectivity index (χ3v) is 11.4. The summed E-state index contributed by atoms with van der Waals surface area (Å²) >= 11 is 2.15. The third-order valence-electron chi connectivity index (χ3n) is 9.44. The molecule has 2 aromatic carbocycles. The van der Waals surface area contributed by atoms with Crippen molar-refractivity contribution in [3.8, 4) is 11.5 Å². The van der Waals surface area contributed by atoms with Gasteiger partial charge in [-0.3, -0.25) is 24.6 Å². The van der Waals surface area contributed by atoms with Gasteiger partial charge in [-0.1, -0.05) is 17.3 Å². The predicted octanol–water partition coefficient (Wildman–Crippen LogP) is 2.78. The summed E-state index contributed by atoms with van der Waals surface area (Å²) in [7, 11) is 2.01. The quantitative estimate of drug-likeness (QED) is 0.0385. The number of quaternary nitrogens is 1. The van der Waals surface area contributed by atoms with Crippen LogP contribution in [0.3, 0.4) is 0 Å². The van der Waals surface area contributed by atoms with E-state index in [2.05, 4.69) is 15.5 Å². The molecule has 1 fully saturated rings. The van der Waals surface area contributed by atoms with Crippen molar-refractivity contribution in [3.05, 3.63) is 91.1 Å². The Morgan fingerprint density at radius 3 is 2.53 bits per heavy atom. The number of carbonyl (C=O) groups excluding carboxylic acids is 2. The highest BCUT2D eigenvalue weighted by Gasteiger charge is 2.54. The fraction of sp³-hybridized carbons (Fsp3) is 0.314. The molecule has 20 heteroatoms. The Morgan fingerprint density at radius 1 is 1.18 bits per heavy atom. The highest BCUT2D eigenvalue weighted by atomic mass is 32.2. The number of aromatic nitrogens is 1. The molecule has 18 nitrogen and oxygen atoms in total. The van der Waals surface area contributed by atoms with E-state index in [-0.39, 0.29) is 50.6 Å². The Kier molecular flexibility index (Phi) is 10.3. The van der Waals surface area contributed by atoms with Crippen molar-refractivity contribution in [1.29, 1.82) is 0 Å². The number of benzene rings is 2. The molecule has 288 valence electrons. The van der Waals surface area contributed by atoms with Gasteiger partial charge in [0.05, 0.1) is 24.1 Å². The largest absolute Gasteiger partial charge is 0.504 e. The number of carboxylic acid groups (broad SMARTS) is 2. The van der Waals surface area contributed by atoms with E-state index in [1.165, 1.54) is 37.4 Å². The number of anilines is 1. The predicted molar refractivity (Wildman–Crippen MR) is 200 cm³/mol. The molecule has 3 aliphatic rings. The molecule has 0 bridgehead atoms. The number of allylic oxidation sites excluding steroid dienone is 1. The number of thioether (sulfide) groups is 1. The van der Waals surface area contributed by atoms with Gasteiger partial charge in [-0.25, -0.2) is 14.6 Å². The summed E-state index contributed by atoms with van der Waals surface area (Å²) in [4.78, 5) is 72.6. The molecule has 1 unspecified atom stereocenters. The minimum absolute atomic E-state index is 0.0298. The molecule has 0 spiro atoms. The molecule has 55 heavy (non-hydrogen) atoms. The molecule has 2 amide bonds. The number of fused-ring (bicyclic) bond motifs is 2. The molecule has 1 saturated heterocycles. The Bertz CT molecular complexity index is 2230. The second-order valence-electron chi connectivity index (χ2n) is 14.0. The first kappa shape index (κ1) is 38.7. The molecular formula is C35H36N7O11S2+. The lowest BCUT2D eigenvalue weighted by Crippen LogP contribution is -2.71. The van der Waals surface area contributed by atoms with Crippen LogP contribution in [-0.4, -0.2) is 106 Å². The van der Waals surface area contributed by atoms with E-state index in [9.17, 15) is 49.7 Å². The van der Waals surface area contributed by atoms with Crippen LogP contribution in [-0.2, 0) is 43.5 Å². The molecule has 0 saturated carbocycles. The summed E-state index contributed by atoms with van der Waals surface area (Å²) in [5.74, 6) is -4.76. The van der Waals surface area contributed by atoms with Crippen LogP contribution in [0.2, 0.25) is 0 Å². The van der Waals surface area contributed by atoms with Crippen LogP contribution < -0.4 is 11.1 Å². The highest BCUT2D eigenvalue weighted by Crippen LogP contribution is 2.41. The first-order chi connectivity index (χ1) is 25.9. The van der Waals surface area contributed by atoms with Crippen LogP contribution in [0.5, 0.6) is 11.5 Å². The van der Waals surface area contributed by atoms with Gasteiger partial charge < -0.3 is 40.8 Å². The number of rotatable bonds is 12. The minimum Gasteiger partial charge on any atom is -0.504 e. The van der Waals surface area contributed by atoms with E-state index < -0.39 is 51.4 Å². The fourth-order valence-corrected chi connectivity index (χ4v) is 8.32. The highest BCUT2D eigenvalue weighted by molar-refractivity contribution is 8.00. The van der Waals surface area contributed by atoms with E-state index >= 15 is 0 Å². The summed E-state index contributed by atoms with van der Waals surface area (Å²) < 4.78 is 0.506. The smallest absolute Gasteiger partial charge is 0.352 e. The van der Waals surface area contributed by atoms with Crippen LogP contribution >= 0.6 is 23.1 Å². The topological polar surface area (TPSA) is 268 Å². The first-order valence-corrected chi connectivity index (χ1v) is 18.6. The average Bonchev–Trinajstić information content (AvgIpc) is 3.55. The number of nitrogens with one attached hydrogen (secondary N) is 1. The lowest BCUT2D eigenvalue weighted by Gasteiger charge is -2.49. The summed E-state index contributed by atoms with van der Waals surface area (Å²) in [5.41, 5.74) is 5.83. The summed E-state index contributed by atoms with van der Waals surface area (Å²) in [6.45, 7) is 4.12. The number of hydrogen-bond donors (Lipinski definition) is 6. The second-order valence-corrected chi connectivity index (χ2v) is 16.0. The Labute approximate surface area is 320 Å². The van der Waals surface area contributed by atoms with Gasteiger partial charge in [-0.05, 0) is 49.3 Å². The minimum atomic E-state index is -1.82. The Hall–Kier alpha value is -5.99. The van der Waals surface area contributed by atoms with Crippen molar-refractivity contribution in [3.63, 3.8) is 0 Å². The number of aromatic hydroxyl groups is 2. The van der Waals surface area contributed by atoms with Gasteiger partial charge in [-0.15, -0.1) is 23.1 Å².